The average molecular weight is 509 g/mol. The van der Waals surface area contributed by atoms with E-state index in [1.54, 1.807) is 30.5 Å². The number of nitrogens with one attached hydrogen (secondary N) is 1. The van der Waals surface area contributed by atoms with Crippen LogP contribution in [0.25, 0.3) is 0 Å². The van der Waals surface area contributed by atoms with Gasteiger partial charge in [0.05, 0.1) is 5.56 Å². The van der Waals surface area contributed by atoms with Crippen LogP contribution in [0.1, 0.15) is 50.0 Å². The second kappa shape index (κ2) is 10.3. The van der Waals surface area contributed by atoms with Gasteiger partial charge in [-0.3, -0.25) is 4.79 Å². The molecular formula is C27H32N4O4S. The molecule has 1 aromatic carbocycles. The standard InChI is InChI=1S/C27H32N4O4S/c1-19-17-27(3,4)31(18-19)25-22(12-9-15-28-25)26(32)30-36(33,34)24-14-8-13-23(29-24)35-20(2)16-21-10-6-5-7-11-21/h5-15,19-20H,16-18H2,1-4H3,(H,30,32)/t19?,20-/m1/s1. The van der Waals surface area contributed by atoms with Crippen LogP contribution in [0.15, 0.2) is 71.9 Å². The zero-order valence-corrected chi connectivity index (χ0v) is 21.8. The Labute approximate surface area is 212 Å². The van der Waals surface area contributed by atoms with Gasteiger partial charge >= 0.3 is 0 Å². The van der Waals surface area contributed by atoms with Crippen LogP contribution in [0.3, 0.4) is 0 Å². The first-order valence-electron chi connectivity index (χ1n) is 12.0. The highest BCUT2D eigenvalue weighted by Crippen LogP contribution is 2.37. The Hall–Kier alpha value is -3.46. The van der Waals surface area contributed by atoms with Gasteiger partial charge in [-0.05, 0) is 56.9 Å². The molecule has 3 heterocycles. The molecule has 0 saturated carbocycles. The minimum atomic E-state index is -4.24. The lowest BCUT2D eigenvalue weighted by Gasteiger charge is -2.33. The normalized spacial score (nSPS) is 18.0. The fourth-order valence-electron chi connectivity index (χ4n) is 4.78. The molecule has 0 radical (unpaired) electrons. The van der Waals surface area contributed by atoms with Crippen molar-refractivity contribution in [2.75, 3.05) is 11.4 Å². The molecule has 8 nitrogen and oxygen atoms in total. The van der Waals surface area contributed by atoms with E-state index < -0.39 is 15.9 Å². The van der Waals surface area contributed by atoms with Crippen molar-refractivity contribution in [2.24, 2.45) is 5.92 Å². The molecule has 0 aliphatic carbocycles. The van der Waals surface area contributed by atoms with E-state index in [4.69, 9.17) is 4.74 Å². The van der Waals surface area contributed by atoms with Gasteiger partial charge in [0.25, 0.3) is 15.9 Å². The van der Waals surface area contributed by atoms with Crippen molar-refractivity contribution < 1.29 is 17.9 Å². The van der Waals surface area contributed by atoms with Gasteiger partial charge < -0.3 is 9.64 Å². The van der Waals surface area contributed by atoms with E-state index in [9.17, 15) is 13.2 Å². The van der Waals surface area contributed by atoms with Crippen molar-refractivity contribution in [2.45, 2.75) is 57.2 Å². The highest BCUT2D eigenvalue weighted by molar-refractivity contribution is 7.90. The summed E-state index contributed by atoms with van der Waals surface area (Å²) in [6.45, 7) is 8.97. The molecule has 36 heavy (non-hydrogen) atoms. The molecule has 1 fully saturated rings. The number of amides is 1. The molecule has 1 N–H and O–H groups in total. The Bertz CT molecular complexity index is 1330. The SMILES string of the molecule is CC1CN(c2ncccc2C(=O)NS(=O)(=O)c2cccc(O[C@H](C)Cc3ccccc3)n2)C(C)(C)C1. The van der Waals surface area contributed by atoms with Crippen molar-refractivity contribution in [1.29, 1.82) is 0 Å². The number of carbonyl (C=O) groups excluding carboxylic acids is 1. The number of hydrogen-bond acceptors (Lipinski definition) is 7. The van der Waals surface area contributed by atoms with Gasteiger partial charge in [0.2, 0.25) is 5.88 Å². The zero-order chi connectivity index (χ0) is 25.9. The molecule has 0 spiro atoms. The monoisotopic (exact) mass is 508 g/mol. The number of anilines is 1. The maximum atomic E-state index is 13.2. The van der Waals surface area contributed by atoms with E-state index in [1.165, 1.54) is 6.07 Å². The number of hydrogen-bond donors (Lipinski definition) is 1. The maximum Gasteiger partial charge on any atom is 0.281 e. The first kappa shape index (κ1) is 25.6. The van der Waals surface area contributed by atoms with Crippen LogP contribution in [0, 0.1) is 5.92 Å². The summed E-state index contributed by atoms with van der Waals surface area (Å²) in [7, 11) is -4.24. The first-order valence-corrected chi connectivity index (χ1v) is 13.5. The van der Waals surface area contributed by atoms with Crippen LogP contribution < -0.4 is 14.4 Å². The lowest BCUT2D eigenvalue weighted by atomic mass is 9.97. The molecule has 1 unspecified atom stereocenters. The molecule has 1 aliphatic rings. The third-order valence-corrected chi connectivity index (χ3v) is 7.48. The third kappa shape index (κ3) is 5.84. The Kier molecular flexibility index (Phi) is 7.31. The second-order valence-electron chi connectivity index (χ2n) is 9.97. The number of nitrogens with zero attached hydrogens (tertiary/aromatic N) is 3. The summed E-state index contributed by atoms with van der Waals surface area (Å²) in [5, 5.41) is -0.291. The number of rotatable bonds is 8. The number of pyridine rings is 2. The Morgan fingerprint density at radius 2 is 1.89 bits per heavy atom. The highest BCUT2D eigenvalue weighted by Gasteiger charge is 2.39. The van der Waals surface area contributed by atoms with E-state index in [-0.39, 0.29) is 28.1 Å². The van der Waals surface area contributed by atoms with Crippen LogP contribution >= 0.6 is 0 Å². The van der Waals surface area contributed by atoms with Crippen molar-refractivity contribution in [3.05, 3.63) is 78.0 Å². The molecule has 2 aromatic heterocycles. The smallest absolute Gasteiger partial charge is 0.281 e. The van der Waals surface area contributed by atoms with Crippen LogP contribution in [0.5, 0.6) is 5.88 Å². The lowest BCUT2D eigenvalue weighted by Crippen LogP contribution is -2.41. The fraction of sp³-hybridized carbons (Fsp3) is 0.370. The average Bonchev–Trinajstić information content (AvgIpc) is 3.11. The predicted octanol–water partition coefficient (Wildman–Crippen LogP) is 4.23. The summed E-state index contributed by atoms with van der Waals surface area (Å²) in [5.41, 5.74) is 1.10. The molecule has 1 aliphatic heterocycles. The summed E-state index contributed by atoms with van der Waals surface area (Å²) < 4.78 is 34.2. The molecule has 1 saturated heterocycles. The summed E-state index contributed by atoms with van der Waals surface area (Å²) in [5.74, 6) is 0.319. The molecule has 0 bridgehead atoms. The van der Waals surface area contributed by atoms with Gasteiger partial charge in [-0.1, -0.05) is 43.3 Å². The topological polar surface area (TPSA) is 101 Å². The molecule has 1 amide bonds. The quantitative estimate of drug-likeness (QED) is 0.486. The number of benzene rings is 1. The van der Waals surface area contributed by atoms with Gasteiger partial charge in [0.15, 0.2) is 5.03 Å². The number of aromatic nitrogens is 2. The lowest BCUT2D eigenvalue weighted by molar-refractivity contribution is 0.0981. The van der Waals surface area contributed by atoms with E-state index in [2.05, 4.69) is 40.4 Å². The molecule has 9 heteroatoms. The minimum absolute atomic E-state index is 0.170. The summed E-state index contributed by atoms with van der Waals surface area (Å²) in [4.78, 5) is 23.8. The zero-order valence-electron chi connectivity index (χ0n) is 21.0. The highest BCUT2D eigenvalue weighted by atomic mass is 32.2. The van der Waals surface area contributed by atoms with E-state index in [0.717, 1.165) is 18.5 Å². The Balaban J connectivity index is 1.50. The summed E-state index contributed by atoms with van der Waals surface area (Å²) in [6, 6.07) is 17.5. The van der Waals surface area contributed by atoms with Gasteiger partial charge in [0, 0.05) is 30.8 Å². The van der Waals surface area contributed by atoms with Gasteiger partial charge in [0.1, 0.15) is 11.9 Å². The van der Waals surface area contributed by atoms with Crippen LogP contribution in [0.2, 0.25) is 0 Å². The number of carbonyl (C=O) groups is 1. The van der Waals surface area contributed by atoms with Crippen molar-refractivity contribution in [1.82, 2.24) is 14.7 Å². The molecule has 3 aromatic rings. The van der Waals surface area contributed by atoms with Crippen LogP contribution in [0.4, 0.5) is 5.82 Å². The summed E-state index contributed by atoms with van der Waals surface area (Å²) >= 11 is 0. The van der Waals surface area contributed by atoms with Crippen molar-refractivity contribution >= 4 is 21.7 Å². The Morgan fingerprint density at radius 3 is 2.58 bits per heavy atom. The van der Waals surface area contributed by atoms with Crippen molar-refractivity contribution in [3.63, 3.8) is 0 Å². The molecule has 190 valence electrons. The summed E-state index contributed by atoms with van der Waals surface area (Å²) in [6.07, 6.45) is 2.98. The number of ether oxygens (including phenoxy) is 1. The van der Waals surface area contributed by atoms with E-state index in [1.807, 2.05) is 37.3 Å². The molecule has 2 atom stereocenters. The maximum absolute atomic E-state index is 13.2. The van der Waals surface area contributed by atoms with E-state index >= 15 is 0 Å². The Morgan fingerprint density at radius 1 is 1.14 bits per heavy atom. The van der Waals surface area contributed by atoms with Crippen LogP contribution in [-0.4, -0.2) is 42.5 Å². The first-order chi connectivity index (χ1) is 17.0. The molecule has 4 rings (SSSR count). The minimum Gasteiger partial charge on any atom is -0.474 e. The third-order valence-electron chi connectivity index (χ3n) is 6.25. The van der Waals surface area contributed by atoms with E-state index in [0.29, 0.717) is 18.2 Å². The second-order valence-corrected chi connectivity index (χ2v) is 11.6. The van der Waals surface area contributed by atoms with Crippen molar-refractivity contribution in [3.8, 4) is 5.88 Å². The fourth-order valence-corrected chi connectivity index (χ4v) is 5.71. The van der Waals surface area contributed by atoms with Crippen LogP contribution in [-0.2, 0) is 16.4 Å². The van der Waals surface area contributed by atoms with Gasteiger partial charge in [-0.25, -0.2) is 9.71 Å². The van der Waals surface area contributed by atoms with Gasteiger partial charge in [-0.15, -0.1) is 0 Å². The largest absolute Gasteiger partial charge is 0.474 e. The number of sulfonamides is 1. The predicted molar refractivity (Wildman–Crippen MR) is 139 cm³/mol. The van der Waals surface area contributed by atoms with Gasteiger partial charge in [-0.2, -0.15) is 13.4 Å². The molecular weight excluding hydrogens is 476 g/mol.